The van der Waals surface area contributed by atoms with Crippen LogP contribution < -0.4 is 9.47 Å². The number of hydrogen-bond acceptors (Lipinski definition) is 4. The third kappa shape index (κ3) is 3.54. The molecule has 1 aliphatic rings. The van der Waals surface area contributed by atoms with Gasteiger partial charge in [-0.05, 0) is 55.3 Å². The number of rotatable bonds is 5. The molecule has 7 heteroatoms. The highest BCUT2D eigenvalue weighted by molar-refractivity contribution is 9.10. The second-order valence-electron chi connectivity index (χ2n) is 5.84. The molecule has 1 atom stereocenters. The van der Waals surface area contributed by atoms with E-state index in [2.05, 4.69) is 15.9 Å². The normalized spacial score (nSPS) is 18.3. The lowest BCUT2D eigenvalue weighted by Crippen LogP contribution is -2.30. The molecule has 1 heterocycles. The Morgan fingerprint density at radius 1 is 1.08 bits per heavy atom. The molecule has 0 unspecified atom stereocenters. The Morgan fingerprint density at radius 2 is 1.80 bits per heavy atom. The van der Waals surface area contributed by atoms with Crippen LogP contribution in [-0.2, 0) is 10.0 Å². The minimum absolute atomic E-state index is 0.265. The molecular weight excluding hydrogens is 406 g/mol. The maximum atomic E-state index is 13.1. The van der Waals surface area contributed by atoms with Gasteiger partial charge in [0.1, 0.15) is 11.5 Å². The van der Waals surface area contributed by atoms with Crippen molar-refractivity contribution >= 4 is 26.0 Å². The number of sulfonamides is 1. The Labute approximate surface area is 156 Å². The molecule has 0 spiro atoms. The monoisotopic (exact) mass is 425 g/mol. The summed E-state index contributed by atoms with van der Waals surface area (Å²) in [6.45, 7) is 0.490. The molecule has 134 valence electrons. The Kier molecular flexibility index (Phi) is 5.36. The highest BCUT2D eigenvalue weighted by atomic mass is 79.9. The molecule has 2 aromatic carbocycles. The van der Waals surface area contributed by atoms with E-state index in [-0.39, 0.29) is 6.04 Å². The van der Waals surface area contributed by atoms with Crippen LogP contribution in [0.3, 0.4) is 0 Å². The highest BCUT2D eigenvalue weighted by Gasteiger charge is 2.37. The van der Waals surface area contributed by atoms with Crippen molar-refractivity contribution in [1.82, 2.24) is 4.31 Å². The Morgan fingerprint density at radius 3 is 2.44 bits per heavy atom. The second-order valence-corrected chi connectivity index (χ2v) is 8.64. The quantitative estimate of drug-likeness (QED) is 0.726. The summed E-state index contributed by atoms with van der Waals surface area (Å²) in [5.41, 5.74) is 0.833. The molecule has 25 heavy (non-hydrogen) atoms. The van der Waals surface area contributed by atoms with Gasteiger partial charge in [0.2, 0.25) is 10.0 Å². The van der Waals surface area contributed by atoms with Crippen molar-refractivity contribution in [2.24, 2.45) is 0 Å². The van der Waals surface area contributed by atoms with Gasteiger partial charge in [0.25, 0.3) is 0 Å². The van der Waals surface area contributed by atoms with E-state index in [1.54, 1.807) is 42.8 Å². The van der Waals surface area contributed by atoms with Crippen LogP contribution in [0, 0.1) is 0 Å². The van der Waals surface area contributed by atoms with Gasteiger partial charge in [0.15, 0.2) is 0 Å². The van der Waals surface area contributed by atoms with Crippen molar-refractivity contribution in [2.45, 2.75) is 23.8 Å². The van der Waals surface area contributed by atoms with Gasteiger partial charge in [-0.3, -0.25) is 0 Å². The summed E-state index contributed by atoms with van der Waals surface area (Å²) in [5, 5.41) is 0. The van der Waals surface area contributed by atoms with Gasteiger partial charge in [0, 0.05) is 16.6 Å². The minimum atomic E-state index is -3.58. The second kappa shape index (κ2) is 7.35. The zero-order valence-corrected chi connectivity index (χ0v) is 16.5. The van der Waals surface area contributed by atoms with E-state index in [0.29, 0.717) is 22.9 Å². The van der Waals surface area contributed by atoms with E-state index in [1.165, 1.54) is 0 Å². The molecule has 3 rings (SSSR count). The standard InChI is InChI=1S/C18H20BrNO4S/c1-23-14-7-10-18(24-2)16(12-14)17-4-3-11-20(17)25(21,22)15-8-5-13(19)6-9-15/h5-10,12,17H,3-4,11H2,1-2H3/t17-/m1/s1. The maximum absolute atomic E-state index is 13.1. The largest absolute Gasteiger partial charge is 0.497 e. The van der Waals surface area contributed by atoms with Gasteiger partial charge in [-0.15, -0.1) is 0 Å². The van der Waals surface area contributed by atoms with Crippen molar-refractivity contribution < 1.29 is 17.9 Å². The molecule has 1 aliphatic heterocycles. The predicted octanol–water partition coefficient (Wildman–Crippen LogP) is 3.99. The summed E-state index contributed by atoms with van der Waals surface area (Å²) >= 11 is 3.34. The summed E-state index contributed by atoms with van der Waals surface area (Å²) < 4.78 is 39.4. The third-order valence-electron chi connectivity index (χ3n) is 4.42. The van der Waals surface area contributed by atoms with Crippen LogP contribution in [-0.4, -0.2) is 33.5 Å². The van der Waals surface area contributed by atoms with Crippen LogP contribution in [0.2, 0.25) is 0 Å². The van der Waals surface area contributed by atoms with Crippen LogP contribution in [0.4, 0.5) is 0 Å². The fraction of sp³-hybridized carbons (Fsp3) is 0.333. The summed E-state index contributed by atoms with van der Waals surface area (Å²) in [6, 6.07) is 11.9. The molecule has 0 amide bonds. The number of halogens is 1. The number of hydrogen-bond donors (Lipinski definition) is 0. The van der Waals surface area contributed by atoms with E-state index in [4.69, 9.17) is 9.47 Å². The van der Waals surface area contributed by atoms with Gasteiger partial charge in [-0.25, -0.2) is 8.42 Å². The van der Waals surface area contributed by atoms with Crippen molar-refractivity contribution in [3.05, 3.63) is 52.5 Å². The molecule has 1 fully saturated rings. The summed E-state index contributed by atoms with van der Waals surface area (Å²) in [4.78, 5) is 0.296. The molecule has 0 aliphatic carbocycles. The SMILES string of the molecule is COc1ccc(OC)c([C@H]2CCCN2S(=O)(=O)c2ccc(Br)cc2)c1. The third-order valence-corrected chi connectivity index (χ3v) is 6.87. The number of methoxy groups -OCH3 is 2. The first-order valence-electron chi connectivity index (χ1n) is 7.96. The van der Waals surface area contributed by atoms with E-state index in [1.807, 2.05) is 18.2 Å². The van der Waals surface area contributed by atoms with Crippen LogP contribution in [0.15, 0.2) is 51.8 Å². The average Bonchev–Trinajstić information content (AvgIpc) is 3.12. The van der Waals surface area contributed by atoms with Crippen LogP contribution >= 0.6 is 15.9 Å². The number of ether oxygens (including phenoxy) is 2. The summed E-state index contributed by atoms with van der Waals surface area (Å²) in [5.74, 6) is 1.35. The Bertz CT molecular complexity index is 852. The van der Waals surface area contributed by atoms with Crippen molar-refractivity contribution in [2.75, 3.05) is 20.8 Å². The molecule has 2 aromatic rings. The molecule has 5 nitrogen and oxygen atoms in total. The average molecular weight is 426 g/mol. The van der Waals surface area contributed by atoms with Gasteiger partial charge in [-0.2, -0.15) is 4.31 Å². The summed E-state index contributed by atoms with van der Waals surface area (Å²) in [7, 11) is -0.396. The summed E-state index contributed by atoms with van der Waals surface area (Å²) in [6.07, 6.45) is 1.56. The van der Waals surface area contributed by atoms with Crippen LogP contribution in [0.25, 0.3) is 0 Å². The van der Waals surface area contributed by atoms with Crippen LogP contribution in [0.5, 0.6) is 11.5 Å². The smallest absolute Gasteiger partial charge is 0.243 e. The van der Waals surface area contributed by atoms with Crippen molar-refractivity contribution in [3.8, 4) is 11.5 Å². The van der Waals surface area contributed by atoms with Gasteiger partial charge in [-0.1, -0.05) is 15.9 Å². The van der Waals surface area contributed by atoms with E-state index in [9.17, 15) is 8.42 Å². The van der Waals surface area contributed by atoms with Crippen molar-refractivity contribution in [3.63, 3.8) is 0 Å². The molecule has 0 aromatic heterocycles. The topological polar surface area (TPSA) is 55.8 Å². The maximum Gasteiger partial charge on any atom is 0.243 e. The first-order valence-corrected chi connectivity index (χ1v) is 10.2. The Balaban J connectivity index is 2.02. The molecule has 0 saturated carbocycles. The van der Waals surface area contributed by atoms with E-state index < -0.39 is 10.0 Å². The molecule has 0 radical (unpaired) electrons. The lowest BCUT2D eigenvalue weighted by atomic mass is 10.0. The first-order chi connectivity index (χ1) is 12.0. The zero-order chi connectivity index (χ0) is 18.0. The molecule has 0 bridgehead atoms. The zero-order valence-electron chi connectivity index (χ0n) is 14.1. The van der Waals surface area contributed by atoms with E-state index in [0.717, 1.165) is 22.9 Å². The van der Waals surface area contributed by atoms with Gasteiger partial charge < -0.3 is 9.47 Å². The van der Waals surface area contributed by atoms with Gasteiger partial charge >= 0.3 is 0 Å². The lowest BCUT2D eigenvalue weighted by molar-refractivity contribution is 0.361. The minimum Gasteiger partial charge on any atom is -0.497 e. The highest BCUT2D eigenvalue weighted by Crippen LogP contribution is 2.41. The predicted molar refractivity (Wildman–Crippen MR) is 99.6 cm³/mol. The van der Waals surface area contributed by atoms with Crippen molar-refractivity contribution in [1.29, 1.82) is 0 Å². The fourth-order valence-electron chi connectivity index (χ4n) is 3.18. The number of nitrogens with zero attached hydrogens (tertiary/aromatic N) is 1. The molecular formula is C18H20BrNO4S. The lowest BCUT2D eigenvalue weighted by Gasteiger charge is -2.26. The molecule has 0 N–H and O–H groups in total. The first kappa shape index (κ1) is 18.2. The molecule has 1 saturated heterocycles. The number of benzene rings is 2. The van der Waals surface area contributed by atoms with E-state index >= 15 is 0 Å². The fourth-order valence-corrected chi connectivity index (χ4v) is 5.12. The van der Waals surface area contributed by atoms with Gasteiger partial charge in [0.05, 0.1) is 25.2 Å². The Hall–Kier alpha value is -1.57. The van der Waals surface area contributed by atoms with Crippen LogP contribution in [0.1, 0.15) is 24.4 Å².